The quantitative estimate of drug-likeness (QED) is 0.609. The summed E-state index contributed by atoms with van der Waals surface area (Å²) in [5.74, 6) is 0. The van der Waals surface area contributed by atoms with Crippen LogP contribution < -0.4 is 10.1 Å². The third-order valence-corrected chi connectivity index (χ3v) is 1.09. The van der Waals surface area contributed by atoms with Crippen molar-refractivity contribution in [3.05, 3.63) is 6.33 Å². The number of nitrogens with zero attached hydrogens (tertiary/aromatic N) is 2. The van der Waals surface area contributed by atoms with Crippen LogP contribution in [0.15, 0.2) is 6.33 Å². The number of aromatic amines is 1. The minimum absolute atomic E-state index is 0.373. The average Bonchev–Trinajstić information content (AvgIpc) is 2.39. The van der Waals surface area contributed by atoms with Gasteiger partial charge in [0, 0.05) is 6.04 Å². The number of nitrogens with one attached hydrogen (secondary N) is 2. The first-order chi connectivity index (χ1) is 5.29. The van der Waals surface area contributed by atoms with E-state index in [0.29, 0.717) is 18.8 Å². The molecule has 0 aromatic carbocycles. The van der Waals surface area contributed by atoms with Crippen LogP contribution in [0.1, 0.15) is 13.8 Å². The van der Waals surface area contributed by atoms with E-state index in [1.165, 1.54) is 6.33 Å². The van der Waals surface area contributed by atoms with Crippen molar-refractivity contribution in [1.29, 1.82) is 0 Å². The van der Waals surface area contributed by atoms with Crippen LogP contribution in [0.5, 0.6) is 6.01 Å². The number of aromatic nitrogens is 3. The fourth-order valence-electron chi connectivity index (χ4n) is 0.539. The summed E-state index contributed by atoms with van der Waals surface area (Å²) in [4.78, 5) is 3.78. The second-order valence-electron chi connectivity index (χ2n) is 2.43. The second kappa shape index (κ2) is 3.92. The Balaban J connectivity index is 2.14. The van der Waals surface area contributed by atoms with Gasteiger partial charge in [0.2, 0.25) is 0 Å². The lowest BCUT2D eigenvalue weighted by Gasteiger charge is -2.06. The molecule has 1 heterocycles. The van der Waals surface area contributed by atoms with Crippen molar-refractivity contribution in [2.24, 2.45) is 0 Å². The molecule has 62 valence electrons. The lowest BCUT2D eigenvalue weighted by atomic mass is 10.4. The molecule has 0 spiro atoms. The van der Waals surface area contributed by atoms with Gasteiger partial charge in [0.1, 0.15) is 13.1 Å². The molecule has 0 amide bonds. The van der Waals surface area contributed by atoms with Gasteiger partial charge in [-0.05, 0) is 13.8 Å². The average molecular weight is 156 g/mol. The van der Waals surface area contributed by atoms with Crippen molar-refractivity contribution in [2.45, 2.75) is 19.9 Å². The summed E-state index contributed by atoms with van der Waals surface area (Å²) in [6.45, 7) is 4.53. The molecule has 0 fully saturated rings. The van der Waals surface area contributed by atoms with E-state index in [-0.39, 0.29) is 0 Å². The van der Waals surface area contributed by atoms with Gasteiger partial charge in [-0.25, -0.2) is 0 Å². The van der Waals surface area contributed by atoms with Crippen LogP contribution in [0.25, 0.3) is 0 Å². The largest absolute Gasteiger partial charge is 0.446 e. The Bertz CT molecular complexity index is 184. The predicted molar refractivity (Wildman–Crippen MR) is 40.1 cm³/mol. The topological polar surface area (TPSA) is 62.8 Å². The Morgan fingerprint density at radius 2 is 2.55 bits per heavy atom. The molecule has 1 aromatic heterocycles. The first kappa shape index (κ1) is 8.00. The molecule has 0 saturated heterocycles. The van der Waals surface area contributed by atoms with E-state index in [0.717, 1.165) is 0 Å². The molecular formula is C6H12N4O. The molecule has 2 N–H and O–H groups in total. The molecule has 0 atom stereocenters. The maximum Gasteiger partial charge on any atom is 0.336 e. The monoisotopic (exact) mass is 156 g/mol. The van der Waals surface area contributed by atoms with Crippen molar-refractivity contribution < 1.29 is 4.74 Å². The maximum absolute atomic E-state index is 5.09. The highest BCUT2D eigenvalue weighted by Gasteiger charge is 1.95. The first-order valence-corrected chi connectivity index (χ1v) is 3.51. The molecule has 0 bridgehead atoms. The number of hydrogen-bond acceptors (Lipinski definition) is 4. The molecule has 0 aliphatic rings. The standard InChI is InChI=1S/C6H12N4O/c1-5(2)8-4-11-6-7-3-9-10-6/h3,5,8H,4H2,1-2H3,(H,7,9,10). The normalized spacial score (nSPS) is 10.5. The van der Waals surface area contributed by atoms with Crippen LogP contribution in [-0.2, 0) is 0 Å². The van der Waals surface area contributed by atoms with Crippen LogP contribution in [0, 0.1) is 0 Å². The van der Waals surface area contributed by atoms with E-state index >= 15 is 0 Å². The predicted octanol–water partition coefficient (Wildman–Crippen LogP) is 0.139. The summed E-state index contributed by atoms with van der Waals surface area (Å²) in [5.41, 5.74) is 0. The highest BCUT2D eigenvalue weighted by atomic mass is 16.5. The van der Waals surface area contributed by atoms with E-state index in [9.17, 15) is 0 Å². The van der Waals surface area contributed by atoms with Crippen molar-refractivity contribution in [1.82, 2.24) is 20.5 Å². The number of H-pyrrole nitrogens is 1. The zero-order valence-electron chi connectivity index (χ0n) is 6.66. The highest BCUT2D eigenvalue weighted by molar-refractivity contribution is 4.84. The van der Waals surface area contributed by atoms with Crippen LogP contribution in [0.2, 0.25) is 0 Å². The highest BCUT2D eigenvalue weighted by Crippen LogP contribution is 1.93. The van der Waals surface area contributed by atoms with E-state index < -0.39 is 0 Å². The van der Waals surface area contributed by atoms with Gasteiger partial charge in [-0.1, -0.05) is 0 Å². The fourth-order valence-corrected chi connectivity index (χ4v) is 0.539. The zero-order chi connectivity index (χ0) is 8.10. The van der Waals surface area contributed by atoms with Crippen molar-refractivity contribution in [3.63, 3.8) is 0 Å². The van der Waals surface area contributed by atoms with Crippen molar-refractivity contribution in [2.75, 3.05) is 6.73 Å². The molecule has 0 unspecified atom stereocenters. The summed E-state index contributed by atoms with van der Waals surface area (Å²) in [6.07, 6.45) is 1.48. The SMILES string of the molecule is CC(C)NCOc1nc[nH]n1. The summed E-state index contributed by atoms with van der Waals surface area (Å²) >= 11 is 0. The molecule has 1 aromatic rings. The summed E-state index contributed by atoms with van der Waals surface area (Å²) < 4.78 is 5.09. The van der Waals surface area contributed by atoms with E-state index in [1.807, 2.05) is 13.8 Å². The van der Waals surface area contributed by atoms with Gasteiger partial charge in [0.15, 0.2) is 0 Å². The van der Waals surface area contributed by atoms with Crippen LogP contribution >= 0.6 is 0 Å². The Kier molecular flexibility index (Phi) is 2.85. The summed E-state index contributed by atoms with van der Waals surface area (Å²) in [7, 11) is 0. The smallest absolute Gasteiger partial charge is 0.336 e. The summed E-state index contributed by atoms with van der Waals surface area (Å²) in [6, 6.07) is 0.784. The van der Waals surface area contributed by atoms with Crippen molar-refractivity contribution >= 4 is 0 Å². The van der Waals surface area contributed by atoms with Gasteiger partial charge in [0.05, 0.1) is 0 Å². The minimum Gasteiger partial charge on any atom is -0.446 e. The lowest BCUT2D eigenvalue weighted by molar-refractivity contribution is 0.252. The van der Waals surface area contributed by atoms with Gasteiger partial charge in [0.25, 0.3) is 0 Å². The zero-order valence-corrected chi connectivity index (χ0v) is 6.66. The number of hydrogen-bond donors (Lipinski definition) is 2. The Morgan fingerprint density at radius 3 is 3.09 bits per heavy atom. The van der Waals surface area contributed by atoms with Crippen LogP contribution in [-0.4, -0.2) is 28.0 Å². The minimum atomic E-state index is 0.373. The fraction of sp³-hybridized carbons (Fsp3) is 0.667. The molecule has 11 heavy (non-hydrogen) atoms. The lowest BCUT2D eigenvalue weighted by Crippen LogP contribution is -2.27. The van der Waals surface area contributed by atoms with Gasteiger partial charge in [-0.15, -0.1) is 5.10 Å². The van der Waals surface area contributed by atoms with Gasteiger partial charge in [-0.3, -0.25) is 10.4 Å². The Hall–Kier alpha value is -1.10. The van der Waals surface area contributed by atoms with Gasteiger partial charge in [-0.2, -0.15) is 4.98 Å². The number of rotatable bonds is 4. The van der Waals surface area contributed by atoms with Gasteiger partial charge >= 0.3 is 6.01 Å². The van der Waals surface area contributed by atoms with E-state index in [4.69, 9.17) is 4.74 Å². The van der Waals surface area contributed by atoms with Crippen molar-refractivity contribution in [3.8, 4) is 6.01 Å². The van der Waals surface area contributed by atoms with Gasteiger partial charge < -0.3 is 4.74 Å². The first-order valence-electron chi connectivity index (χ1n) is 3.51. The molecule has 0 radical (unpaired) electrons. The Morgan fingerprint density at radius 1 is 1.73 bits per heavy atom. The third-order valence-electron chi connectivity index (χ3n) is 1.09. The molecule has 5 heteroatoms. The third kappa shape index (κ3) is 2.99. The maximum atomic E-state index is 5.09. The van der Waals surface area contributed by atoms with E-state index in [2.05, 4.69) is 20.5 Å². The van der Waals surface area contributed by atoms with E-state index in [1.54, 1.807) is 0 Å². The molecule has 0 saturated carbocycles. The molecule has 0 aliphatic heterocycles. The van der Waals surface area contributed by atoms with Crippen LogP contribution in [0.3, 0.4) is 0 Å². The summed E-state index contributed by atoms with van der Waals surface area (Å²) in [5, 5.41) is 9.34. The number of ether oxygens (including phenoxy) is 1. The Labute approximate surface area is 65.2 Å². The molecule has 5 nitrogen and oxygen atoms in total. The molecule has 1 rings (SSSR count). The molecular weight excluding hydrogens is 144 g/mol. The second-order valence-corrected chi connectivity index (χ2v) is 2.43. The van der Waals surface area contributed by atoms with Crippen LogP contribution in [0.4, 0.5) is 0 Å². The molecule has 0 aliphatic carbocycles.